The normalized spacial score (nSPS) is 13.3. The van der Waals surface area contributed by atoms with Gasteiger partial charge in [0.1, 0.15) is 11.4 Å². The Balaban J connectivity index is 1.48. The fraction of sp³-hybridized carbons (Fsp3) is 0.308. The molecule has 1 aromatic heterocycles. The Bertz CT molecular complexity index is 1170. The highest BCUT2D eigenvalue weighted by Gasteiger charge is 2.17. The van der Waals surface area contributed by atoms with E-state index in [2.05, 4.69) is 31.2 Å². The molecular weight excluding hydrogens is 442 g/mol. The number of anilines is 5. The predicted molar refractivity (Wildman–Crippen MR) is 139 cm³/mol. The van der Waals surface area contributed by atoms with E-state index in [1.165, 1.54) is 31.9 Å². The monoisotopic (exact) mass is 473 g/mol. The third-order valence-electron chi connectivity index (χ3n) is 5.85. The van der Waals surface area contributed by atoms with Crippen molar-refractivity contribution >= 4 is 40.6 Å². The summed E-state index contributed by atoms with van der Waals surface area (Å²) in [7, 11) is 0. The Morgan fingerprint density at radius 1 is 1.03 bits per heavy atom. The molecule has 9 nitrogen and oxygen atoms in total. The molecule has 3 aromatic rings. The zero-order valence-electron chi connectivity index (χ0n) is 19.8. The van der Waals surface area contributed by atoms with E-state index in [1.54, 1.807) is 24.3 Å². The number of carbonyl (C=O) groups is 2. The summed E-state index contributed by atoms with van der Waals surface area (Å²) in [6, 6.07) is 14.9. The first-order chi connectivity index (χ1) is 17.0. The van der Waals surface area contributed by atoms with Crippen LogP contribution in [-0.2, 0) is 0 Å². The van der Waals surface area contributed by atoms with Crippen LogP contribution in [0, 0.1) is 0 Å². The molecule has 0 saturated heterocycles. The van der Waals surface area contributed by atoms with Crippen molar-refractivity contribution in [2.24, 2.45) is 5.73 Å². The molecule has 0 atom stereocenters. The summed E-state index contributed by atoms with van der Waals surface area (Å²) in [6.45, 7) is 2.70. The third-order valence-corrected chi connectivity index (χ3v) is 5.85. The van der Waals surface area contributed by atoms with Crippen molar-refractivity contribution in [3.05, 3.63) is 65.9 Å². The SMILES string of the molecule is CCCNc1nc(Nc2ccc(C(N)=O)cc2)ncc1C(=O)Nc1cccc(NC2CCCC2)c1. The van der Waals surface area contributed by atoms with Crippen molar-refractivity contribution in [2.45, 2.75) is 45.1 Å². The molecule has 182 valence electrons. The third kappa shape index (κ3) is 6.47. The quantitative estimate of drug-likeness (QED) is 0.287. The summed E-state index contributed by atoms with van der Waals surface area (Å²) in [4.78, 5) is 33.2. The van der Waals surface area contributed by atoms with Crippen molar-refractivity contribution in [3.63, 3.8) is 0 Å². The molecule has 35 heavy (non-hydrogen) atoms. The lowest BCUT2D eigenvalue weighted by molar-refractivity contribution is 0.0997. The number of rotatable bonds is 10. The van der Waals surface area contributed by atoms with Gasteiger partial charge < -0.3 is 27.0 Å². The number of amides is 2. The van der Waals surface area contributed by atoms with Gasteiger partial charge in [0.2, 0.25) is 11.9 Å². The first kappa shape index (κ1) is 24.0. The molecule has 0 bridgehead atoms. The molecule has 1 aliphatic carbocycles. The average molecular weight is 474 g/mol. The number of aromatic nitrogens is 2. The summed E-state index contributed by atoms with van der Waals surface area (Å²) < 4.78 is 0. The minimum Gasteiger partial charge on any atom is -0.382 e. The highest BCUT2D eigenvalue weighted by molar-refractivity contribution is 6.07. The Morgan fingerprint density at radius 3 is 2.49 bits per heavy atom. The molecule has 0 aliphatic heterocycles. The van der Waals surface area contributed by atoms with Crippen molar-refractivity contribution in [1.82, 2.24) is 9.97 Å². The van der Waals surface area contributed by atoms with Gasteiger partial charge in [0.05, 0.1) is 0 Å². The van der Waals surface area contributed by atoms with Gasteiger partial charge in [0, 0.05) is 41.4 Å². The predicted octanol–water partition coefficient (Wildman–Crippen LogP) is 4.75. The van der Waals surface area contributed by atoms with Crippen LogP contribution in [-0.4, -0.2) is 34.4 Å². The smallest absolute Gasteiger partial charge is 0.260 e. The van der Waals surface area contributed by atoms with Crippen LogP contribution in [0.1, 0.15) is 59.7 Å². The van der Waals surface area contributed by atoms with Crippen LogP contribution in [0.2, 0.25) is 0 Å². The van der Waals surface area contributed by atoms with Crippen molar-refractivity contribution in [3.8, 4) is 0 Å². The Labute approximate surface area is 204 Å². The molecule has 1 fully saturated rings. The molecule has 6 N–H and O–H groups in total. The standard InChI is InChI=1S/C26H31N7O2/c1-2-14-28-24-22(16-29-26(33-24)32-19-12-10-17(11-13-19)23(27)34)25(35)31-21-9-5-8-20(15-21)30-18-6-3-4-7-18/h5,8-13,15-16,18,30H,2-4,6-7,14H2,1H3,(H2,27,34)(H,31,35)(H2,28,29,32,33). The van der Waals surface area contributed by atoms with E-state index in [0.29, 0.717) is 46.9 Å². The second-order valence-corrected chi connectivity index (χ2v) is 8.61. The van der Waals surface area contributed by atoms with Gasteiger partial charge in [-0.3, -0.25) is 9.59 Å². The number of nitrogens with two attached hydrogens (primary N) is 1. The lowest BCUT2D eigenvalue weighted by Crippen LogP contribution is -2.18. The Hall–Kier alpha value is -4.14. The number of benzene rings is 2. The van der Waals surface area contributed by atoms with Gasteiger partial charge in [0.25, 0.3) is 5.91 Å². The molecule has 9 heteroatoms. The summed E-state index contributed by atoms with van der Waals surface area (Å²) in [6.07, 6.45) is 7.24. The van der Waals surface area contributed by atoms with E-state index < -0.39 is 5.91 Å². The van der Waals surface area contributed by atoms with Gasteiger partial charge in [-0.15, -0.1) is 0 Å². The number of primary amides is 1. The maximum atomic E-state index is 13.1. The van der Waals surface area contributed by atoms with E-state index in [1.807, 2.05) is 31.2 Å². The zero-order chi connectivity index (χ0) is 24.6. The van der Waals surface area contributed by atoms with Gasteiger partial charge in [-0.2, -0.15) is 4.98 Å². The Morgan fingerprint density at radius 2 is 1.77 bits per heavy atom. The summed E-state index contributed by atoms with van der Waals surface area (Å²) in [5.74, 6) is -0.0152. The first-order valence-corrected chi connectivity index (χ1v) is 12.0. The molecular formula is C26H31N7O2. The van der Waals surface area contributed by atoms with Crippen LogP contribution in [0.4, 0.5) is 28.8 Å². The molecule has 0 unspecified atom stereocenters. The molecule has 1 heterocycles. The van der Waals surface area contributed by atoms with Crippen LogP contribution in [0.15, 0.2) is 54.7 Å². The number of nitrogens with zero attached hydrogens (tertiary/aromatic N) is 2. The maximum Gasteiger partial charge on any atom is 0.260 e. The van der Waals surface area contributed by atoms with Crippen molar-refractivity contribution in [2.75, 3.05) is 27.8 Å². The van der Waals surface area contributed by atoms with Crippen LogP contribution in [0.3, 0.4) is 0 Å². The van der Waals surface area contributed by atoms with Crippen LogP contribution in [0.25, 0.3) is 0 Å². The molecule has 4 rings (SSSR count). The number of carbonyl (C=O) groups excluding carboxylic acids is 2. The van der Waals surface area contributed by atoms with E-state index in [4.69, 9.17) is 5.73 Å². The number of nitrogens with one attached hydrogen (secondary N) is 4. The lowest BCUT2D eigenvalue weighted by Gasteiger charge is -2.15. The molecule has 2 aromatic carbocycles. The van der Waals surface area contributed by atoms with E-state index in [9.17, 15) is 9.59 Å². The molecule has 0 radical (unpaired) electrons. The molecule has 1 aliphatic rings. The average Bonchev–Trinajstić information content (AvgIpc) is 3.36. The second kappa shape index (κ2) is 11.3. The molecule has 0 spiro atoms. The van der Waals surface area contributed by atoms with E-state index in [-0.39, 0.29) is 5.91 Å². The topological polar surface area (TPSA) is 134 Å². The van der Waals surface area contributed by atoms with Gasteiger partial charge >= 0.3 is 0 Å². The van der Waals surface area contributed by atoms with Crippen molar-refractivity contribution in [1.29, 1.82) is 0 Å². The molecule has 1 saturated carbocycles. The Kier molecular flexibility index (Phi) is 7.77. The largest absolute Gasteiger partial charge is 0.382 e. The highest BCUT2D eigenvalue weighted by atomic mass is 16.2. The summed E-state index contributed by atoms with van der Waals surface area (Å²) in [5, 5.41) is 12.8. The second-order valence-electron chi connectivity index (χ2n) is 8.61. The van der Waals surface area contributed by atoms with Crippen LogP contribution in [0.5, 0.6) is 0 Å². The number of hydrogen-bond acceptors (Lipinski definition) is 7. The zero-order valence-corrected chi connectivity index (χ0v) is 19.8. The fourth-order valence-electron chi connectivity index (χ4n) is 4.02. The van der Waals surface area contributed by atoms with Gasteiger partial charge in [-0.1, -0.05) is 25.8 Å². The van der Waals surface area contributed by atoms with E-state index in [0.717, 1.165) is 12.1 Å². The number of hydrogen-bond donors (Lipinski definition) is 5. The van der Waals surface area contributed by atoms with Crippen LogP contribution < -0.4 is 27.0 Å². The van der Waals surface area contributed by atoms with Crippen LogP contribution >= 0.6 is 0 Å². The van der Waals surface area contributed by atoms with Gasteiger partial charge in [0.15, 0.2) is 0 Å². The first-order valence-electron chi connectivity index (χ1n) is 12.0. The highest BCUT2D eigenvalue weighted by Crippen LogP contribution is 2.25. The van der Waals surface area contributed by atoms with Gasteiger partial charge in [-0.05, 0) is 61.7 Å². The maximum absolute atomic E-state index is 13.1. The fourth-order valence-corrected chi connectivity index (χ4v) is 4.02. The minimum absolute atomic E-state index is 0.293. The lowest BCUT2D eigenvalue weighted by atomic mass is 10.2. The minimum atomic E-state index is -0.492. The van der Waals surface area contributed by atoms with Crippen molar-refractivity contribution < 1.29 is 9.59 Å². The molecule has 2 amide bonds. The van der Waals surface area contributed by atoms with Gasteiger partial charge in [-0.25, -0.2) is 4.98 Å². The summed E-state index contributed by atoms with van der Waals surface area (Å²) in [5.41, 5.74) is 8.45. The van der Waals surface area contributed by atoms with E-state index >= 15 is 0 Å². The summed E-state index contributed by atoms with van der Waals surface area (Å²) >= 11 is 0.